The molecule has 0 aromatic heterocycles. The van der Waals surface area contributed by atoms with E-state index in [1.54, 1.807) is 19.9 Å². The first-order chi connectivity index (χ1) is 25.1. The van der Waals surface area contributed by atoms with E-state index in [1.807, 2.05) is 13.8 Å². The van der Waals surface area contributed by atoms with Crippen LogP contribution in [0, 0.1) is 48.3 Å². The predicted octanol–water partition coefficient (Wildman–Crippen LogP) is 5.05. The molecule has 11 heteroatoms. The average Bonchev–Trinajstić information content (AvgIpc) is 3.60. The SMILES string of the molecule is CO[C@@H](NC(C)=O)[C@H](O)[C@]1(C)CC[C@H](C(C)C)[C@@H]1c1cc([C@]2(O)Cc3cc(=O)c(O)c(C)c4c3[C@@H](O2)[C@H](O)[C@]2(C)CC[C@H](C(C)C)[C@H]42)cc(=O)c(O)c1C. The predicted molar refractivity (Wildman–Crippen MR) is 203 cm³/mol. The van der Waals surface area contributed by atoms with Crippen molar-refractivity contribution >= 4 is 5.91 Å². The van der Waals surface area contributed by atoms with Crippen LogP contribution in [-0.2, 0) is 26.5 Å². The standard InChI is InChI=1S/C43H59NO10/c1-19(2)26-11-13-41(8,39(51)40(53-10)44-23(7)45)33(26)28-16-25(17-30(47)35(48)21(28)5)43(52)18-24-15-29(46)36(49)22(6)31-32(24)37(54-43)38(50)42(9)14-12-27(20(3)4)34(31)42/h15-17,19-20,26-27,33-34,37-40,50-52H,11-14,18H2,1-10H3,(H,44,45)(H,46,49)(H,47,48)/t26-,27-,33-,34-,37-,38+,39+,40-,41-,42-,43+/m1/s1. The van der Waals surface area contributed by atoms with Crippen LogP contribution in [0.5, 0.6) is 11.5 Å². The van der Waals surface area contributed by atoms with Crippen LogP contribution in [0.4, 0.5) is 0 Å². The van der Waals surface area contributed by atoms with Crippen molar-refractivity contribution in [1.82, 2.24) is 5.32 Å². The molecular weight excluding hydrogens is 690 g/mol. The minimum Gasteiger partial charge on any atom is -0.504 e. The van der Waals surface area contributed by atoms with Crippen molar-refractivity contribution in [2.75, 3.05) is 7.11 Å². The number of aliphatic hydroxyl groups excluding tert-OH is 2. The molecule has 54 heavy (non-hydrogen) atoms. The molecule has 11 atom stereocenters. The molecule has 296 valence electrons. The number of rotatable bonds is 8. The van der Waals surface area contributed by atoms with E-state index in [4.69, 9.17) is 9.47 Å². The number of carbonyl (C=O) groups is 1. The van der Waals surface area contributed by atoms with Gasteiger partial charge in [-0.15, -0.1) is 0 Å². The van der Waals surface area contributed by atoms with Crippen LogP contribution >= 0.6 is 0 Å². The fourth-order valence-corrected chi connectivity index (χ4v) is 11.2. The van der Waals surface area contributed by atoms with Gasteiger partial charge in [-0.2, -0.15) is 0 Å². The minimum atomic E-state index is -2.25. The van der Waals surface area contributed by atoms with Gasteiger partial charge in [-0.05, 0) is 127 Å². The van der Waals surface area contributed by atoms with Gasteiger partial charge in [-0.3, -0.25) is 14.4 Å². The van der Waals surface area contributed by atoms with Gasteiger partial charge in [0, 0.05) is 36.8 Å². The van der Waals surface area contributed by atoms with Gasteiger partial charge in [-0.1, -0.05) is 41.5 Å². The highest BCUT2D eigenvalue weighted by Crippen LogP contribution is 2.65. The summed E-state index contributed by atoms with van der Waals surface area (Å²) >= 11 is 0. The van der Waals surface area contributed by atoms with Crippen LogP contribution in [0.2, 0.25) is 0 Å². The highest BCUT2D eigenvalue weighted by Gasteiger charge is 2.61. The number of aliphatic hydroxyl groups is 3. The molecule has 0 saturated heterocycles. The quantitative estimate of drug-likeness (QED) is 0.200. The van der Waals surface area contributed by atoms with Crippen LogP contribution in [0.25, 0.3) is 0 Å². The van der Waals surface area contributed by atoms with E-state index in [-0.39, 0.29) is 58.8 Å². The highest BCUT2D eigenvalue weighted by atomic mass is 16.6. The third-order valence-corrected chi connectivity index (χ3v) is 14.2. The Morgan fingerprint density at radius 3 is 2.07 bits per heavy atom. The van der Waals surface area contributed by atoms with Crippen LogP contribution in [0.15, 0.2) is 27.8 Å². The van der Waals surface area contributed by atoms with Gasteiger partial charge in [0.05, 0.1) is 6.10 Å². The monoisotopic (exact) mass is 749 g/mol. The second kappa shape index (κ2) is 14.0. The van der Waals surface area contributed by atoms with E-state index in [9.17, 15) is 39.9 Å². The Kier molecular flexibility index (Phi) is 10.4. The number of fused-ring (bicyclic) bond motifs is 2. The largest absolute Gasteiger partial charge is 0.504 e. The summed E-state index contributed by atoms with van der Waals surface area (Å²) < 4.78 is 12.3. The van der Waals surface area contributed by atoms with Gasteiger partial charge < -0.3 is 40.3 Å². The molecule has 1 aliphatic heterocycles. The van der Waals surface area contributed by atoms with E-state index in [0.717, 1.165) is 18.1 Å². The van der Waals surface area contributed by atoms with E-state index < -0.39 is 63.7 Å². The van der Waals surface area contributed by atoms with Gasteiger partial charge in [-0.25, -0.2) is 0 Å². The summed E-state index contributed by atoms with van der Waals surface area (Å²) in [6.07, 6.45) is -1.98. The van der Waals surface area contributed by atoms with Crippen molar-refractivity contribution in [3.63, 3.8) is 0 Å². The first-order valence-corrected chi connectivity index (χ1v) is 19.5. The number of carbonyl (C=O) groups excluding carboxylic acids is 1. The van der Waals surface area contributed by atoms with Crippen molar-refractivity contribution in [3.8, 4) is 11.5 Å². The van der Waals surface area contributed by atoms with Gasteiger partial charge in [0.15, 0.2) is 23.5 Å². The maximum atomic E-state index is 13.8. The molecule has 2 saturated carbocycles. The smallest absolute Gasteiger partial charge is 0.220 e. The summed E-state index contributed by atoms with van der Waals surface area (Å²) in [7, 11) is 1.41. The molecule has 0 spiro atoms. The zero-order valence-electron chi connectivity index (χ0n) is 33.3. The summed E-state index contributed by atoms with van der Waals surface area (Å²) in [6, 6.07) is 4.12. The number of hydrogen-bond donors (Lipinski definition) is 6. The Hall–Kier alpha value is -3.35. The first kappa shape index (κ1) is 40.3. The van der Waals surface area contributed by atoms with Crippen molar-refractivity contribution < 1.29 is 39.8 Å². The van der Waals surface area contributed by atoms with Crippen molar-refractivity contribution in [2.45, 2.75) is 137 Å². The Morgan fingerprint density at radius 2 is 1.48 bits per heavy atom. The lowest BCUT2D eigenvalue weighted by atomic mass is 9.59. The normalized spacial score (nSPS) is 34.1. The van der Waals surface area contributed by atoms with Gasteiger partial charge >= 0.3 is 0 Å². The Bertz CT molecular complexity index is 1960. The van der Waals surface area contributed by atoms with E-state index in [1.165, 1.54) is 20.1 Å². The Balaban J connectivity index is 1.59. The summed E-state index contributed by atoms with van der Waals surface area (Å²) in [6.45, 7) is 17.1. The Morgan fingerprint density at radius 1 is 0.907 bits per heavy atom. The molecular formula is C43H59NO10. The lowest BCUT2D eigenvalue weighted by molar-refractivity contribution is -0.279. The van der Waals surface area contributed by atoms with E-state index >= 15 is 0 Å². The van der Waals surface area contributed by atoms with Gasteiger partial charge in [0.1, 0.15) is 12.2 Å². The van der Waals surface area contributed by atoms with Crippen molar-refractivity contribution in [1.29, 1.82) is 0 Å². The molecule has 1 heterocycles. The number of hydrogen-bond acceptors (Lipinski definition) is 10. The third kappa shape index (κ3) is 6.09. The highest BCUT2D eigenvalue weighted by molar-refractivity contribution is 5.73. The topological polar surface area (TPSA) is 183 Å². The fraction of sp³-hybridized carbons (Fsp3) is 0.651. The average molecular weight is 750 g/mol. The lowest BCUT2D eigenvalue weighted by Crippen LogP contribution is -2.52. The van der Waals surface area contributed by atoms with Crippen LogP contribution in [0.1, 0.15) is 131 Å². The van der Waals surface area contributed by atoms with Crippen molar-refractivity contribution in [3.05, 3.63) is 77.6 Å². The maximum Gasteiger partial charge on any atom is 0.220 e. The molecule has 3 aliphatic carbocycles. The molecule has 0 bridgehead atoms. The van der Waals surface area contributed by atoms with Crippen LogP contribution < -0.4 is 16.2 Å². The fourth-order valence-electron chi connectivity index (χ4n) is 11.2. The first-order valence-electron chi connectivity index (χ1n) is 19.5. The molecule has 6 rings (SSSR count). The number of ether oxygens (including phenoxy) is 2. The molecule has 0 unspecified atom stereocenters. The number of aromatic hydroxyl groups is 2. The molecule has 2 aromatic rings. The number of nitrogens with one attached hydrogen (secondary N) is 1. The van der Waals surface area contributed by atoms with E-state index in [2.05, 4.69) is 33.0 Å². The Labute approximate surface area is 317 Å². The molecule has 2 aromatic carbocycles. The zero-order chi connectivity index (χ0) is 40.0. The summed E-state index contributed by atoms with van der Waals surface area (Å²) in [5.41, 5.74) is 0.0460. The van der Waals surface area contributed by atoms with E-state index in [0.29, 0.717) is 41.5 Å². The maximum absolute atomic E-state index is 13.8. The zero-order valence-corrected chi connectivity index (χ0v) is 33.3. The summed E-state index contributed by atoms with van der Waals surface area (Å²) in [5, 5.41) is 62.4. The molecule has 1 amide bonds. The minimum absolute atomic E-state index is 0.0281. The van der Waals surface area contributed by atoms with Crippen LogP contribution in [-0.4, -0.2) is 57.0 Å². The summed E-state index contributed by atoms with van der Waals surface area (Å²) in [4.78, 5) is 39.4. The second-order valence-electron chi connectivity index (χ2n) is 18.0. The summed E-state index contributed by atoms with van der Waals surface area (Å²) in [5.74, 6) is -3.69. The lowest BCUT2D eigenvalue weighted by Gasteiger charge is -2.52. The number of amides is 1. The second-order valence-corrected chi connectivity index (χ2v) is 18.0. The van der Waals surface area contributed by atoms with Crippen LogP contribution in [0.3, 0.4) is 0 Å². The molecule has 4 aliphatic rings. The van der Waals surface area contributed by atoms with Gasteiger partial charge in [0.25, 0.3) is 0 Å². The third-order valence-electron chi connectivity index (χ3n) is 14.2. The van der Waals surface area contributed by atoms with Crippen molar-refractivity contribution in [2.24, 2.45) is 34.5 Å². The molecule has 0 radical (unpaired) electrons. The molecule has 11 nitrogen and oxygen atoms in total. The number of methoxy groups -OCH3 is 1. The molecule has 2 fully saturated rings. The molecule has 6 N–H and O–H groups in total. The van der Waals surface area contributed by atoms with Gasteiger partial charge in [0.2, 0.25) is 16.8 Å².